The predicted molar refractivity (Wildman–Crippen MR) is 102 cm³/mol. The van der Waals surface area contributed by atoms with Crippen LogP contribution >= 0.6 is 0 Å². The number of carbonyl (C=O) groups is 1. The number of aromatic nitrogens is 2. The lowest BCUT2D eigenvalue weighted by Gasteiger charge is -2.12. The lowest BCUT2D eigenvalue weighted by atomic mass is 10.2. The van der Waals surface area contributed by atoms with E-state index in [0.717, 1.165) is 10.2 Å². The molecule has 0 spiro atoms. The van der Waals surface area contributed by atoms with Gasteiger partial charge in [-0.05, 0) is 24.6 Å². The largest absolute Gasteiger partial charge is 0.494 e. The van der Waals surface area contributed by atoms with Crippen molar-refractivity contribution in [3.63, 3.8) is 0 Å². The molecule has 0 unspecified atom stereocenters. The normalized spacial score (nSPS) is 10.4. The maximum Gasteiger partial charge on any atom is 0.280 e. The van der Waals surface area contributed by atoms with Gasteiger partial charge in [0.05, 0.1) is 23.8 Å². The third kappa shape index (κ3) is 3.73. The van der Waals surface area contributed by atoms with E-state index in [-0.39, 0.29) is 22.8 Å². The second kappa shape index (κ2) is 7.70. The molecule has 1 amide bonds. The molecule has 1 heterocycles. The Morgan fingerprint density at radius 1 is 1.18 bits per heavy atom. The first-order valence-electron chi connectivity index (χ1n) is 8.21. The summed E-state index contributed by atoms with van der Waals surface area (Å²) in [6.07, 6.45) is 0. The highest BCUT2D eigenvalue weighted by atomic mass is 16.6. The number of nitrogens with one attached hydrogen (secondary N) is 1. The summed E-state index contributed by atoms with van der Waals surface area (Å²) in [6, 6.07) is 13.8. The van der Waals surface area contributed by atoms with Gasteiger partial charge in [-0.25, -0.2) is 0 Å². The van der Waals surface area contributed by atoms with Gasteiger partial charge in [0.2, 0.25) is 0 Å². The number of hydrogen-bond acceptors (Lipinski definition) is 6. The molecule has 9 heteroatoms. The summed E-state index contributed by atoms with van der Waals surface area (Å²) < 4.78 is 6.23. The van der Waals surface area contributed by atoms with E-state index in [4.69, 9.17) is 4.74 Å². The van der Waals surface area contributed by atoms with E-state index in [1.165, 1.54) is 37.4 Å². The molecule has 0 aliphatic carbocycles. The van der Waals surface area contributed by atoms with Crippen LogP contribution in [0.25, 0.3) is 5.69 Å². The highest BCUT2D eigenvalue weighted by Gasteiger charge is 2.19. The first-order valence-corrected chi connectivity index (χ1v) is 8.21. The van der Waals surface area contributed by atoms with Crippen LogP contribution in [-0.4, -0.2) is 27.7 Å². The summed E-state index contributed by atoms with van der Waals surface area (Å²) in [6.45, 7) is 1.82. The van der Waals surface area contributed by atoms with Gasteiger partial charge in [0.15, 0.2) is 11.4 Å². The number of rotatable bonds is 5. The van der Waals surface area contributed by atoms with Crippen molar-refractivity contribution in [2.75, 3.05) is 12.4 Å². The van der Waals surface area contributed by atoms with E-state index in [9.17, 15) is 19.7 Å². The number of nitrogens with zero attached hydrogens (tertiary/aromatic N) is 3. The Balaban J connectivity index is 2.03. The average molecular weight is 380 g/mol. The average Bonchev–Trinajstić information content (AvgIpc) is 2.68. The third-order valence-electron chi connectivity index (χ3n) is 3.99. The molecule has 0 bridgehead atoms. The van der Waals surface area contributed by atoms with Crippen LogP contribution < -0.4 is 15.6 Å². The molecule has 28 heavy (non-hydrogen) atoms. The summed E-state index contributed by atoms with van der Waals surface area (Å²) in [7, 11) is 1.32. The van der Waals surface area contributed by atoms with E-state index in [1.54, 1.807) is 12.1 Å². The summed E-state index contributed by atoms with van der Waals surface area (Å²) in [5.41, 5.74) is 0.793. The molecule has 9 nitrogen and oxygen atoms in total. The lowest BCUT2D eigenvalue weighted by Crippen LogP contribution is -2.26. The number of nitro benzene ring substituents is 1. The highest BCUT2D eigenvalue weighted by Crippen LogP contribution is 2.20. The van der Waals surface area contributed by atoms with Crippen molar-refractivity contribution in [3.05, 3.63) is 86.3 Å². The fraction of sp³-hybridized carbons (Fsp3) is 0.105. The Morgan fingerprint density at radius 3 is 2.61 bits per heavy atom. The number of non-ortho nitro benzene ring substituents is 1. The Morgan fingerprint density at radius 2 is 1.93 bits per heavy atom. The summed E-state index contributed by atoms with van der Waals surface area (Å²) >= 11 is 0. The van der Waals surface area contributed by atoms with Crippen LogP contribution in [0.3, 0.4) is 0 Å². The number of nitro groups is 1. The minimum Gasteiger partial charge on any atom is -0.494 e. The quantitative estimate of drug-likeness (QED) is 0.537. The number of aryl methyl sites for hydroxylation is 1. The summed E-state index contributed by atoms with van der Waals surface area (Å²) in [5.74, 6) is -0.669. The molecule has 0 saturated carbocycles. The number of carbonyl (C=O) groups excluding carboxylic acids is 1. The van der Waals surface area contributed by atoms with Gasteiger partial charge in [0.25, 0.3) is 17.2 Å². The van der Waals surface area contributed by atoms with Crippen molar-refractivity contribution in [2.45, 2.75) is 6.92 Å². The Labute approximate surface area is 159 Å². The number of methoxy groups -OCH3 is 1. The smallest absolute Gasteiger partial charge is 0.280 e. The maximum absolute atomic E-state index is 12.7. The first-order chi connectivity index (χ1) is 13.4. The van der Waals surface area contributed by atoms with Crippen LogP contribution in [0.15, 0.2) is 59.4 Å². The first kappa shape index (κ1) is 18.8. The van der Waals surface area contributed by atoms with E-state index >= 15 is 0 Å². The van der Waals surface area contributed by atoms with Gasteiger partial charge in [-0.2, -0.15) is 9.78 Å². The van der Waals surface area contributed by atoms with Crippen LogP contribution in [0.5, 0.6) is 5.75 Å². The second-order valence-electron chi connectivity index (χ2n) is 5.86. The van der Waals surface area contributed by atoms with Gasteiger partial charge in [-0.3, -0.25) is 19.7 Å². The summed E-state index contributed by atoms with van der Waals surface area (Å²) in [5, 5.41) is 17.6. The summed E-state index contributed by atoms with van der Waals surface area (Å²) in [4.78, 5) is 35.5. The highest BCUT2D eigenvalue weighted by molar-refractivity contribution is 6.04. The molecule has 0 radical (unpaired) electrons. The third-order valence-corrected chi connectivity index (χ3v) is 3.99. The van der Waals surface area contributed by atoms with Gasteiger partial charge in [0, 0.05) is 17.8 Å². The van der Waals surface area contributed by atoms with E-state index in [2.05, 4.69) is 10.4 Å². The van der Waals surface area contributed by atoms with Crippen molar-refractivity contribution in [1.82, 2.24) is 9.78 Å². The van der Waals surface area contributed by atoms with Crippen LogP contribution in [0.2, 0.25) is 0 Å². The van der Waals surface area contributed by atoms with Gasteiger partial charge in [-0.1, -0.05) is 24.3 Å². The van der Waals surface area contributed by atoms with Gasteiger partial charge >= 0.3 is 0 Å². The molecule has 0 atom stereocenters. The fourth-order valence-electron chi connectivity index (χ4n) is 2.61. The number of para-hydroxylation sites is 1. The molecule has 142 valence electrons. The number of benzene rings is 2. The van der Waals surface area contributed by atoms with Gasteiger partial charge in [0.1, 0.15) is 0 Å². The number of amides is 1. The predicted octanol–water partition coefficient (Wildman–Crippen LogP) is 2.71. The Bertz CT molecular complexity index is 1120. The van der Waals surface area contributed by atoms with Crippen molar-refractivity contribution in [2.24, 2.45) is 0 Å². The van der Waals surface area contributed by atoms with Crippen molar-refractivity contribution < 1.29 is 14.5 Å². The zero-order chi connectivity index (χ0) is 20.3. The Hall–Kier alpha value is -4.01. The molecule has 3 aromatic rings. The van der Waals surface area contributed by atoms with Crippen molar-refractivity contribution in [1.29, 1.82) is 0 Å². The molecule has 2 aromatic carbocycles. The van der Waals surface area contributed by atoms with Crippen molar-refractivity contribution in [3.8, 4) is 11.4 Å². The van der Waals surface area contributed by atoms with E-state index in [0.29, 0.717) is 5.69 Å². The maximum atomic E-state index is 12.7. The fourth-order valence-corrected chi connectivity index (χ4v) is 2.61. The molecule has 0 aliphatic heterocycles. The van der Waals surface area contributed by atoms with Gasteiger partial charge in [-0.15, -0.1) is 0 Å². The van der Waals surface area contributed by atoms with E-state index in [1.807, 2.05) is 19.1 Å². The number of anilines is 1. The molecule has 3 rings (SSSR count). The zero-order valence-electron chi connectivity index (χ0n) is 15.1. The number of ether oxygens (including phenoxy) is 1. The minimum absolute atomic E-state index is 0.00207. The van der Waals surface area contributed by atoms with Gasteiger partial charge < -0.3 is 10.1 Å². The molecule has 0 aliphatic rings. The van der Waals surface area contributed by atoms with Crippen LogP contribution in [0.4, 0.5) is 11.4 Å². The van der Waals surface area contributed by atoms with Crippen molar-refractivity contribution >= 4 is 17.3 Å². The lowest BCUT2D eigenvalue weighted by molar-refractivity contribution is -0.384. The monoisotopic (exact) mass is 380 g/mol. The topological polar surface area (TPSA) is 116 Å². The zero-order valence-corrected chi connectivity index (χ0v) is 15.1. The van der Waals surface area contributed by atoms with Crippen LogP contribution in [0, 0.1) is 17.0 Å². The SMILES string of the molecule is COc1cc(=O)n(-c2ccccc2C)nc1C(=O)Nc1cccc([N+](=O)[O-])c1. The Kier molecular flexibility index (Phi) is 5.16. The standard InChI is InChI=1S/C19H16N4O5/c1-12-6-3-4-9-15(12)22-17(24)11-16(28-2)18(21-22)19(25)20-13-7-5-8-14(10-13)23(26)27/h3-11H,1-2H3,(H,20,25). The van der Waals surface area contributed by atoms with Crippen LogP contribution in [-0.2, 0) is 0 Å². The molecular weight excluding hydrogens is 364 g/mol. The molecule has 0 fully saturated rings. The molecule has 1 aromatic heterocycles. The van der Waals surface area contributed by atoms with E-state index < -0.39 is 16.4 Å². The second-order valence-corrected chi connectivity index (χ2v) is 5.86. The molecule has 1 N–H and O–H groups in total. The molecule has 0 saturated heterocycles. The minimum atomic E-state index is -0.667. The molecular formula is C19H16N4O5. The van der Waals surface area contributed by atoms with Crippen LogP contribution in [0.1, 0.15) is 16.1 Å². The number of hydrogen-bond donors (Lipinski definition) is 1.